The molecule has 0 amide bonds. The summed E-state index contributed by atoms with van der Waals surface area (Å²) in [4.78, 5) is 7.21. The lowest BCUT2D eigenvalue weighted by atomic mass is 10.1. The quantitative estimate of drug-likeness (QED) is 0.716. The predicted octanol–water partition coefficient (Wildman–Crippen LogP) is 4.43. The number of rotatable bonds is 3. The zero-order chi connectivity index (χ0) is 15.8. The summed E-state index contributed by atoms with van der Waals surface area (Å²) in [6, 6.07) is 15.0. The molecule has 0 spiro atoms. The topological polar surface area (TPSA) is 29.3 Å². The third-order valence-electron chi connectivity index (χ3n) is 4.71. The van der Waals surface area contributed by atoms with Crippen LogP contribution in [0.2, 0.25) is 0 Å². The van der Waals surface area contributed by atoms with E-state index in [1.807, 2.05) is 6.07 Å². The smallest absolute Gasteiger partial charge is 0.199 e. The number of benzene rings is 2. The SMILES string of the molecule is Cc1ccc(CN2CCC(c3nc4cc(C)ccc4o3)C2)cc1. The number of hydrogen-bond acceptors (Lipinski definition) is 3. The molecule has 0 aliphatic carbocycles. The van der Waals surface area contributed by atoms with E-state index < -0.39 is 0 Å². The van der Waals surface area contributed by atoms with E-state index in [1.54, 1.807) is 0 Å². The molecule has 1 fully saturated rings. The number of aromatic nitrogens is 1. The van der Waals surface area contributed by atoms with Crippen molar-refractivity contribution in [1.29, 1.82) is 0 Å². The van der Waals surface area contributed by atoms with E-state index in [2.05, 4.69) is 55.1 Å². The maximum Gasteiger partial charge on any atom is 0.199 e. The second-order valence-corrected chi connectivity index (χ2v) is 6.73. The van der Waals surface area contributed by atoms with Gasteiger partial charge in [-0.15, -0.1) is 0 Å². The normalized spacial score (nSPS) is 18.8. The van der Waals surface area contributed by atoms with E-state index in [0.29, 0.717) is 5.92 Å². The highest BCUT2D eigenvalue weighted by molar-refractivity contribution is 5.73. The Bertz CT molecular complexity index is 819. The third-order valence-corrected chi connectivity index (χ3v) is 4.71. The Labute approximate surface area is 136 Å². The van der Waals surface area contributed by atoms with E-state index in [0.717, 1.165) is 43.0 Å². The molecule has 1 aromatic heterocycles. The van der Waals surface area contributed by atoms with Crippen LogP contribution in [0.5, 0.6) is 0 Å². The first kappa shape index (κ1) is 14.5. The molecule has 0 bridgehead atoms. The molecule has 1 unspecified atom stereocenters. The van der Waals surface area contributed by atoms with Crippen LogP contribution in [0.3, 0.4) is 0 Å². The molecule has 2 aromatic carbocycles. The molecule has 0 saturated carbocycles. The van der Waals surface area contributed by atoms with Gasteiger partial charge in [0.25, 0.3) is 0 Å². The lowest BCUT2D eigenvalue weighted by molar-refractivity contribution is 0.321. The fraction of sp³-hybridized carbons (Fsp3) is 0.350. The minimum absolute atomic E-state index is 0.410. The largest absolute Gasteiger partial charge is 0.440 e. The molecule has 1 aliphatic rings. The Hall–Kier alpha value is -2.13. The summed E-state index contributed by atoms with van der Waals surface area (Å²) in [6.45, 7) is 7.36. The molecule has 0 N–H and O–H groups in total. The Kier molecular flexibility index (Phi) is 3.66. The standard InChI is InChI=1S/C20H22N2O/c1-14-3-6-16(7-4-14)12-22-10-9-17(13-22)20-21-18-11-15(2)5-8-19(18)23-20/h3-8,11,17H,9-10,12-13H2,1-2H3. The lowest BCUT2D eigenvalue weighted by Crippen LogP contribution is -2.19. The van der Waals surface area contributed by atoms with Crippen LogP contribution in [0, 0.1) is 13.8 Å². The average molecular weight is 306 g/mol. The zero-order valence-corrected chi connectivity index (χ0v) is 13.7. The van der Waals surface area contributed by atoms with Crippen LogP contribution in [-0.2, 0) is 6.54 Å². The molecule has 3 nitrogen and oxygen atoms in total. The van der Waals surface area contributed by atoms with Gasteiger partial charge in [0, 0.05) is 19.0 Å². The van der Waals surface area contributed by atoms with Gasteiger partial charge in [-0.2, -0.15) is 0 Å². The van der Waals surface area contributed by atoms with Gasteiger partial charge in [0.15, 0.2) is 11.5 Å². The van der Waals surface area contributed by atoms with E-state index in [4.69, 9.17) is 9.40 Å². The summed E-state index contributed by atoms with van der Waals surface area (Å²) in [5, 5.41) is 0. The van der Waals surface area contributed by atoms with Gasteiger partial charge in [0.05, 0.1) is 0 Å². The van der Waals surface area contributed by atoms with E-state index in [1.165, 1.54) is 16.7 Å². The highest BCUT2D eigenvalue weighted by Crippen LogP contribution is 2.30. The molecule has 0 radical (unpaired) electrons. The maximum absolute atomic E-state index is 5.98. The summed E-state index contributed by atoms with van der Waals surface area (Å²) >= 11 is 0. The number of likely N-dealkylation sites (tertiary alicyclic amines) is 1. The fourth-order valence-corrected chi connectivity index (χ4v) is 3.36. The molecule has 23 heavy (non-hydrogen) atoms. The van der Waals surface area contributed by atoms with E-state index in [9.17, 15) is 0 Å². The molecule has 3 heteroatoms. The van der Waals surface area contributed by atoms with Gasteiger partial charge >= 0.3 is 0 Å². The summed E-state index contributed by atoms with van der Waals surface area (Å²) in [7, 11) is 0. The van der Waals surface area contributed by atoms with Gasteiger partial charge in [-0.3, -0.25) is 4.90 Å². The summed E-state index contributed by atoms with van der Waals surface area (Å²) in [5.74, 6) is 1.31. The van der Waals surface area contributed by atoms with Crippen molar-refractivity contribution in [2.45, 2.75) is 32.7 Å². The molecule has 1 aliphatic heterocycles. The summed E-state index contributed by atoms with van der Waals surface area (Å²) in [6.07, 6.45) is 1.12. The second-order valence-electron chi connectivity index (χ2n) is 6.73. The van der Waals surface area contributed by atoms with Gasteiger partial charge in [-0.25, -0.2) is 4.98 Å². The van der Waals surface area contributed by atoms with Crippen molar-refractivity contribution < 1.29 is 4.42 Å². The Morgan fingerprint density at radius 1 is 1.09 bits per heavy atom. The Morgan fingerprint density at radius 2 is 1.87 bits per heavy atom. The van der Waals surface area contributed by atoms with E-state index in [-0.39, 0.29) is 0 Å². The molecule has 3 aromatic rings. The fourth-order valence-electron chi connectivity index (χ4n) is 3.36. The van der Waals surface area contributed by atoms with Crippen LogP contribution in [-0.4, -0.2) is 23.0 Å². The minimum atomic E-state index is 0.410. The van der Waals surface area contributed by atoms with Crippen LogP contribution in [0.15, 0.2) is 46.9 Å². The first-order valence-corrected chi connectivity index (χ1v) is 8.32. The molecule has 1 atom stereocenters. The summed E-state index contributed by atoms with van der Waals surface area (Å²) < 4.78 is 5.98. The minimum Gasteiger partial charge on any atom is -0.440 e. The van der Waals surface area contributed by atoms with Gasteiger partial charge < -0.3 is 4.42 Å². The van der Waals surface area contributed by atoms with Crippen molar-refractivity contribution in [2.75, 3.05) is 13.1 Å². The van der Waals surface area contributed by atoms with Gasteiger partial charge in [-0.05, 0) is 50.1 Å². The monoisotopic (exact) mass is 306 g/mol. The molecular weight excluding hydrogens is 284 g/mol. The van der Waals surface area contributed by atoms with Crippen molar-refractivity contribution in [3.8, 4) is 0 Å². The zero-order valence-electron chi connectivity index (χ0n) is 13.7. The third kappa shape index (κ3) is 3.02. The molecule has 118 valence electrons. The summed E-state index contributed by atoms with van der Waals surface area (Å²) in [5.41, 5.74) is 5.81. The van der Waals surface area contributed by atoms with Crippen molar-refractivity contribution >= 4 is 11.1 Å². The number of fused-ring (bicyclic) bond motifs is 1. The van der Waals surface area contributed by atoms with Gasteiger partial charge in [0.1, 0.15) is 5.52 Å². The predicted molar refractivity (Wildman–Crippen MR) is 92.6 cm³/mol. The molecular formula is C20H22N2O. The highest BCUT2D eigenvalue weighted by Gasteiger charge is 2.27. The van der Waals surface area contributed by atoms with Crippen molar-refractivity contribution in [1.82, 2.24) is 9.88 Å². The number of hydrogen-bond donors (Lipinski definition) is 0. The molecule has 2 heterocycles. The number of nitrogens with zero attached hydrogens (tertiary/aromatic N) is 2. The Balaban J connectivity index is 1.47. The van der Waals surface area contributed by atoms with E-state index >= 15 is 0 Å². The number of aryl methyl sites for hydroxylation is 2. The average Bonchev–Trinajstić information content (AvgIpc) is 3.15. The first-order chi connectivity index (χ1) is 11.2. The van der Waals surface area contributed by atoms with Gasteiger partial charge in [0.2, 0.25) is 0 Å². The number of oxazole rings is 1. The second kappa shape index (κ2) is 5.82. The van der Waals surface area contributed by atoms with Crippen LogP contribution in [0.25, 0.3) is 11.1 Å². The van der Waals surface area contributed by atoms with Crippen LogP contribution in [0.1, 0.15) is 34.9 Å². The lowest BCUT2D eigenvalue weighted by Gasteiger charge is -2.15. The van der Waals surface area contributed by atoms with Crippen LogP contribution >= 0.6 is 0 Å². The van der Waals surface area contributed by atoms with Crippen molar-refractivity contribution in [3.05, 3.63) is 65.0 Å². The van der Waals surface area contributed by atoms with Crippen LogP contribution in [0.4, 0.5) is 0 Å². The molecule has 1 saturated heterocycles. The maximum atomic E-state index is 5.98. The Morgan fingerprint density at radius 3 is 2.70 bits per heavy atom. The van der Waals surface area contributed by atoms with Gasteiger partial charge in [-0.1, -0.05) is 35.9 Å². The molecule has 4 rings (SSSR count). The van der Waals surface area contributed by atoms with Crippen LogP contribution < -0.4 is 0 Å². The van der Waals surface area contributed by atoms with Crippen molar-refractivity contribution in [3.63, 3.8) is 0 Å². The highest BCUT2D eigenvalue weighted by atomic mass is 16.3. The van der Waals surface area contributed by atoms with Crippen molar-refractivity contribution in [2.24, 2.45) is 0 Å². The first-order valence-electron chi connectivity index (χ1n) is 8.32.